The molecule has 3 aromatic rings. The zero-order valence-electron chi connectivity index (χ0n) is 17.3. The molecule has 2 aliphatic heterocycles. The summed E-state index contributed by atoms with van der Waals surface area (Å²) in [5.74, 6) is -0.576. The second-order valence-corrected chi connectivity index (χ2v) is 8.33. The number of nitro groups is 1. The van der Waals surface area contributed by atoms with Crippen molar-refractivity contribution in [2.24, 2.45) is 10.1 Å². The highest BCUT2D eigenvalue weighted by molar-refractivity contribution is 8.27. The maximum atomic E-state index is 12.8. The van der Waals surface area contributed by atoms with Gasteiger partial charge < -0.3 is 4.57 Å². The molecule has 0 atom stereocenters. The van der Waals surface area contributed by atoms with Gasteiger partial charge in [-0.3, -0.25) is 20.3 Å². The van der Waals surface area contributed by atoms with E-state index in [0.29, 0.717) is 21.6 Å². The van der Waals surface area contributed by atoms with E-state index < -0.39 is 10.8 Å². The third-order valence-corrected chi connectivity index (χ3v) is 6.09. The molecule has 0 bridgehead atoms. The van der Waals surface area contributed by atoms with Crippen LogP contribution in [0.4, 0.5) is 5.69 Å². The van der Waals surface area contributed by atoms with Crippen molar-refractivity contribution in [3.63, 3.8) is 0 Å². The summed E-state index contributed by atoms with van der Waals surface area (Å²) in [6.45, 7) is 1.99. The van der Waals surface area contributed by atoms with Crippen LogP contribution in [0, 0.1) is 22.4 Å². The SMILES string of the molecule is Cc1cccc(C2=NN3C(=N)/C(=C\c4cccn4-c4ccc([N+](=O)[O-])cc4)C(=O)N=C3S2)c1. The molecule has 5 rings (SSSR count). The lowest BCUT2D eigenvalue weighted by atomic mass is 10.1. The average molecular weight is 456 g/mol. The van der Waals surface area contributed by atoms with Gasteiger partial charge in [0.2, 0.25) is 5.17 Å². The van der Waals surface area contributed by atoms with Crippen LogP contribution in [-0.4, -0.2) is 36.5 Å². The lowest BCUT2D eigenvalue weighted by Gasteiger charge is -2.20. The number of rotatable bonds is 4. The number of nitrogens with zero attached hydrogens (tertiary/aromatic N) is 5. The quantitative estimate of drug-likeness (QED) is 0.356. The number of nitro benzene ring substituents is 1. The summed E-state index contributed by atoms with van der Waals surface area (Å²) < 4.78 is 1.77. The normalized spacial score (nSPS) is 16.6. The van der Waals surface area contributed by atoms with Crippen LogP contribution < -0.4 is 0 Å². The molecular weight excluding hydrogens is 440 g/mol. The van der Waals surface area contributed by atoms with E-state index in [4.69, 9.17) is 5.41 Å². The number of thioether (sulfide) groups is 1. The van der Waals surface area contributed by atoms with Gasteiger partial charge in [-0.15, -0.1) is 0 Å². The number of carbonyl (C=O) groups is 1. The zero-order valence-corrected chi connectivity index (χ0v) is 18.1. The number of hydrazone groups is 1. The predicted molar refractivity (Wildman–Crippen MR) is 128 cm³/mol. The Morgan fingerprint density at radius 3 is 2.64 bits per heavy atom. The van der Waals surface area contributed by atoms with Crippen LogP contribution in [-0.2, 0) is 4.79 Å². The Labute approximate surface area is 192 Å². The lowest BCUT2D eigenvalue weighted by molar-refractivity contribution is -0.384. The fourth-order valence-electron chi connectivity index (χ4n) is 3.52. The second kappa shape index (κ2) is 7.99. The minimum Gasteiger partial charge on any atom is -0.317 e. The minimum absolute atomic E-state index is 0.00859. The average Bonchev–Trinajstić information content (AvgIpc) is 3.44. The fraction of sp³-hybridized carbons (Fsp3) is 0.0435. The van der Waals surface area contributed by atoms with Gasteiger partial charge >= 0.3 is 0 Å². The minimum atomic E-state index is -0.518. The van der Waals surface area contributed by atoms with Crippen molar-refractivity contribution in [3.05, 3.63) is 99.4 Å². The Balaban J connectivity index is 1.48. The summed E-state index contributed by atoms with van der Waals surface area (Å²) in [5, 5.41) is 26.4. The Bertz CT molecular complexity index is 1420. The number of amidine groups is 2. The highest BCUT2D eigenvalue weighted by atomic mass is 32.2. The summed E-state index contributed by atoms with van der Waals surface area (Å²) in [7, 11) is 0. The molecule has 0 radical (unpaired) electrons. The molecule has 0 spiro atoms. The van der Waals surface area contributed by atoms with Gasteiger partial charge in [0.1, 0.15) is 5.04 Å². The predicted octanol–water partition coefficient (Wildman–Crippen LogP) is 4.36. The highest BCUT2D eigenvalue weighted by Gasteiger charge is 2.36. The van der Waals surface area contributed by atoms with Crippen LogP contribution in [0.5, 0.6) is 0 Å². The van der Waals surface area contributed by atoms with Crippen LogP contribution >= 0.6 is 11.8 Å². The number of hydrogen-bond acceptors (Lipinski definition) is 6. The fourth-order valence-corrected chi connectivity index (χ4v) is 4.40. The number of aliphatic imine (C=N–C) groups is 1. The van der Waals surface area contributed by atoms with Crippen LogP contribution in [0.3, 0.4) is 0 Å². The number of carbonyl (C=O) groups excluding carboxylic acids is 1. The Kier molecular flexibility index (Phi) is 4.98. The van der Waals surface area contributed by atoms with Gasteiger partial charge in [0.25, 0.3) is 11.6 Å². The van der Waals surface area contributed by atoms with Gasteiger partial charge in [-0.05, 0) is 55.1 Å². The molecule has 1 N–H and O–H groups in total. The molecule has 1 aromatic heterocycles. The van der Waals surface area contributed by atoms with Gasteiger partial charge in [0, 0.05) is 35.3 Å². The van der Waals surface area contributed by atoms with Gasteiger partial charge in [-0.2, -0.15) is 15.1 Å². The largest absolute Gasteiger partial charge is 0.317 e. The summed E-state index contributed by atoms with van der Waals surface area (Å²) in [5.41, 5.74) is 3.40. The molecule has 162 valence electrons. The van der Waals surface area contributed by atoms with Gasteiger partial charge in [-0.1, -0.05) is 23.8 Å². The number of nitrogens with one attached hydrogen (secondary N) is 1. The Morgan fingerprint density at radius 1 is 1.12 bits per heavy atom. The van der Waals surface area contributed by atoms with Crippen molar-refractivity contribution >= 4 is 45.5 Å². The third-order valence-electron chi connectivity index (χ3n) is 5.13. The van der Waals surface area contributed by atoms with Crippen molar-refractivity contribution in [1.82, 2.24) is 9.58 Å². The number of benzene rings is 2. The molecule has 0 saturated heterocycles. The lowest BCUT2D eigenvalue weighted by Crippen LogP contribution is -2.35. The molecule has 2 aliphatic rings. The highest BCUT2D eigenvalue weighted by Crippen LogP contribution is 2.31. The Morgan fingerprint density at radius 2 is 1.91 bits per heavy atom. The van der Waals surface area contributed by atoms with Crippen LogP contribution in [0.15, 0.2) is 82.5 Å². The summed E-state index contributed by atoms with van der Waals surface area (Å²) in [4.78, 5) is 27.4. The topological polar surface area (TPSA) is 117 Å². The summed E-state index contributed by atoms with van der Waals surface area (Å²) in [6, 6.07) is 17.5. The first-order valence-electron chi connectivity index (χ1n) is 9.90. The number of amides is 1. The second-order valence-electron chi connectivity index (χ2n) is 7.37. The first-order chi connectivity index (χ1) is 15.9. The molecule has 2 aromatic carbocycles. The van der Waals surface area contributed by atoms with E-state index in [1.54, 1.807) is 41.1 Å². The number of aromatic nitrogens is 1. The van der Waals surface area contributed by atoms with Crippen LogP contribution in [0.25, 0.3) is 11.8 Å². The van der Waals surface area contributed by atoms with Gasteiger partial charge in [-0.25, -0.2) is 0 Å². The van der Waals surface area contributed by atoms with Crippen molar-refractivity contribution < 1.29 is 9.72 Å². The van der Waals surface area contributed by atoms with E-state index in [1.165, 1.54) is 28.9 Å². The van der Waals surface area contributed by atoms with Crippen LogP contribution in [0.1, 0.15) is 16.8 Å². The molecule has 0 aliphatic carbocycles. The van der Waals surface area contributed by atoms with E-state index in [1.807, 2.05) is 31.2 Å². The molecular formula is C23H16N6O3S. The Hall–Kier alpha value is -4.31. The van der Waals surface area contributed by atoms with Crippen molar-refractivity contribution in [3.8, 4) is 5.69 Å². The molecule has 10 heteroatoms. The summed E-state index contributed by atoms with van der Waals surface area (Å²) >= 11 is 1.25. The number of hydrogen-bond donors (Lipinski definition) is 1. The molecule has 3 heterocycles. The first-order valence-corrected chi connectivity index (χ1v) is 10.7. The van der Waals surface area contributed by atoms with E-state index in [-0.39, 0.29) is 17.1 Å². The number of non-ortho nitro benzene ring substituents is 1. The van der Waals surface area contributed by atoms with E-state index in [9.17, 15) is 14.9 Å². The molecule has 0 saturated carbocycles. The molecule has 0 unspecified atom stereocenters. The van der Waals surface area contributed by atoms with Crippen LogP contribution in [0.2, 0.25) is 0 Å². The molecule has 0 fully saturated rings. The van der Waals surface area contributed by atoms with Gasteiger partial charge in [0.05, 0.1) is 10.5 Å². The van der Waals surface area contributed by atoms with Crippen molar-refractivity contribution in [2.75, 3.05) is 0 Å². The van der Waals surface area contributed by atoms with E-state index in [2.05, 4.69) is 10.1 Å². The number of aryl methyl sites for hydroxylation is 1. The zero-order chi connectivity index (χ0) is 23.1. The maximum absolute atomic E-state index is 12.8. The van der Waals surface area contributed by atoms with E-state index in [0.717, 1.165) is 11.1 Å². The number of fused-ring (bicyclic) bond motifs is 1. The first kappa shape index (κ1) is 20.6. The third kappa shape index (κ3) is 3.76. The van der Waals surface area contributed by atoms with E-state index >= 15 is 0 Å². The van der Waals surface area contributed by atoms with Crippen molar-refractivity contribution in [2.45, 2.75) is 6.92 Å². The van der Waals surface area contributed by atoms with Crippen molar-refractivity contribution in [1.29, 1.82) is 5.41 Å². The standard InChI is InChI=1S/C23H16N6O3S/c1-14-4-2-5-15(12-14)22-26-28-20(24)19(21(30)25-23(28)33-22)13-18-6-3-11-27(18)16-7-9-17(10-8-16)29(31)32/h2-13,24H,1H3/b19-13+,24-20?. The molecule has 33 heavy (non-hydrogen) atoms. The molecule has 9 nitrogen and oxygen atoms in total. The van der Waals surface area contributed by atoms with Gasteiger partial charge in [0.15, 0.2) is 5.84 Å². The smallest absolute Gasteiger partial charge is 0.283 e. The molecule has 1 amide bonds. The summed E-state index contributed by atoms with van der Waals surface area (Å²) in [6.07, 6.45) is 3.36. The monoisotopic (exact) mass is 456 g/mol. The maximum Gasteiger partial charge on any atom is 0.283 e.